The molecule has 22 heavy (non-hydrogen) atoms. The zero-order valence-electron chi connectivity index (χ0n) is 12.5. The Kier molecular flexibility index (Phi) is 4.87. The Bertz CT molecular complexity index is 592. The fraction of sp³-hybridized carbons (Fsp3) is 0.353. The van der Waals surface area contributed by atoms with Crippen LogP contribution >= 0.6 is 11.3 Å². The van der Waals surface area contributed by atoms with Gasteiger partial charge in [-0.05, 0) is 17.0 Å². The molecule has 1 fully saturated rings. The van der Waals surface area contributed by atoms with E-state index in [-0.39, 0.29) is 11.9 Å². The predicted octanol–water partition coefficient (Wildman–Crippen LogP) is 2.09. The molecule has 2 aromatic rings. The van der Waals surface area contributed by atoms with Gasteiger partial charge in [-0.25, -0.2) is 0 Å². The van der Waals surface area contributed by atoms with Crippen molar-refractivity contribution in [2.45, 2.75) is 12.6 Å². The van der Waals surface area contributed by atoms with Gasteiger partial charge in [-0.3, -0.25) is 14.6 Å². The second-order valence-electron chi connectivity index (χ2n) is 5.61. The molecule has 3 rings (SSSR count). The number of amides is 1. The third-order valence-corrected chi connectivity index (χ3v) is 4.98. The molecule has 2 N–H and O–H groups in total. The molecule has 1 amide bonds. The highest BCUT2D eigenvalue weighted by atomic mass is 32.1. The van der Waals surface area contributed by atoms with E-state index in [1.54, 1.807) is 11.3 Å². The maximum atomic E-state index is 11.9. The number of rotatable bonds is 5. The second-order valence-corrected chi connectivity index (χ2v) is 6.64. The van der Waals surface area contributed by atoms with Gasteiger partial charge >= 0.3 is 0 Å². The van der Waals surface area contributed by atoms with Gasteiger partial charge in [0.2, 0.25) is 5.91 Å². The van der Waals surface area contributed by atoms with E-state index in [9.17, 15) is 4.79 Å². The molecule has 0 aliphatic carbocycles. The minimum absolute atomic E-state index is 0.266. The van der Waals surface area contributed by atoms with Gasteiger partial charge in [-0.1, -0.05) is 36.4 Å². The van der Waals surface area contributed by atoms with E-state index in [1.165, 1.54) is 4.88 Å². The molecular weight excluding hydrogens is 294 g/mol. The molecule has 1 aliphatic heterocycles. The Balaban J connectivity index is 1.62. The first-order chi connectivity index (χ1) is 10.7. The normalized spacial score (nSPS) is 18.2. The first-order valence-corrected chi connectivity index (χ1v) is 8.45. The van der Waals surface area contributed by atoms with Gasteiger partial charge in [0.25, 0.3) is 0 Å². The van der Waals surface area contributed by atoms with Crippen LogP contribution in [0.15, 0.2) is 47.8 Å². The van der Waals surface area contributed by atoms with Gasteiger partial charge in [-0.15, -0.1) is 11.3 Å². The number of carbonyl (C=O) groups is 1. The molecule has 1 saturated heterocycles. The summed E-state index contributed by atoms with van der Waals surface area (Å²) < 4.78 is 0. The summed E-state index contributed by atoms with van der Waals surface area (Å²) in [5.41, 5.74) is 6.64. The monoisotopic (exact) mass is 315 g/mol. The minimum atomic E-state index is -0.315. The summed E-state index contributed by atoms with van der Waals surface area (Å²) in [5.74, 6) is -0.266. The smallest absolute Gasteiger partial charge is 0.239 e. The molecule has 1 aliphatic rings. The number of primary amides is 1. The Morgan fingerprint density at radius 2 is 1.82 bits per heavy atom. The lowest BCUT2D eigenvalue weighted by atomic mass is 10.0. The van der Waals surface area contributed by atoms with Crippen molar-refractivity contribution in [1.29, 1.82) is 0 Å². The Hall–Kier alpha value is -1.69. The van der Waals surface area contributed by atoms with Crippen molar-refractivity contribution in [1.82, 2.24) is 9.80 Å². The van der Waals surface area contributed by atoms with Gasteiger partial charge in [0.15, 0.2) is 0 Å². The molecule has 2 heterocycles. The summed E-state index contributed by atoms with van der Waals surface area (Å²) in [6, 6.07) is 13.8. The van der Waals surface area contributed by atoms with Crippen LogP contribution in [0.3, 0.4) is 0 Å². The van der Waals surface area contributed by atoms with Gasteiger partial charge < -0.3 is 5.73 Å². The molecule has 1 aromatic carbocycles. The highest BCUT2D eigenvalue weighted by Crippen LogP contribution is 2.22. The van der Waals surface area contributed by atoms with Crippen molar-refractivity contribution >= 4 is 17.2 Å². The lowest BCUT2D eigenvalue weighted by Crippen LogP contribution is -2.49. The van der Waals surface area contributed by atoms with E-state index in [1.807, 2.05) is 30.3 Å². The van der Waals surface area contributed by atoms with Crippen molar-refractivity contribution in [3.8, 4) is 0 Å². The Morgan fingerprint density at radius 3 is 2.41 bits per heavy atom. The molecule has 0 unspecified atom stereocenters. The average molecular weight is 315 g/mol. The van der Waals surface area contributed by atoms with Gasteiger partial charge in [0, 0.05) is 37.6 Å². The van der Waals surface area contributed by atoms with Crippen molar-refractivity contribution in [3.63, 3.8) is 0 Å². The van der Waals surface area contributed by atoms with Crippen LogP contribution in [0.4, 0.5) is 0 Å². The maximum absolute atomic E-state index is 11.9. The molecule has 1 aromatic heterocycles. The minimum Gasteiger partial charge on any atom is -0.368 e. The molecule has 0 bridgehead atoms. The number of thiophene rings is 1. The predicted molar refractivity (Wildman–Crippen MR) is 89.5 cm³/mol. The summed E-state index contributed by atoms with van der Waals surface area (Å²) in [4.78, 5) is 17.9. The largest absolute Gasteiger partial charge is 0.368 e. The van der Waals surface area contributed by atoms with E-state index < -0.39 is 0 Å². The van der Waals surface area contributed by atoms with Crippen molar-refractivity contribution in [2.24, 2.45) is 5.73 Å². The highest BCUT2D eigenvalue weighted by Gasteiger charge is 2.28. The van der Waals surface area contributed by atoms with Gasteiger partial charge in [-0.2, -0.15) is 0 Å². The fourth-order valence-corrected chi connectivity index (χ4v) is 3.74. The van der Waals surface area contributed by atoms with E-state index in [2.05, 4.69) is 27.3 Å². The molecule has 0 saturated carbocycles. The molecule has 0 spiro atoms. The van der Waals surface area contributed by atoms with Crippen LogP contribution in [0.1, 0.15) is 16.5 Å². The van der Waals surface area contributed by atoms with Crippen LogP contribution in [0.25, 0.3) is 0 Å². The summed E-state index contributed by atoms with van der Waals surface area (Å²) >= 11 is 1.80. The standard InChI is InChI=1S/C17H21N3OS/c18-17(21)16(14-5-2-1-3-6-14)20-10-8-19(9-11-20)13-15-7-4-12-22-15/h1-7,12,16H,8-11,13H2,(H2,18,21)/t16-/m0/s1. The average Bonchev–Trinajstić information content (AvgIpc) is 3.03. The first-order valence-electron chi connectivity index (χ1n) is 7.57. The fourth-order valence-electron chi connectivity index (χ4n) is 2.99. The van der Waals surface area contributed by atoms with Crippen LogP contribution in [0, 0.1) is 0 Å². The van der Waals surface area contributed by atoms with Crippen LogP contribution in [0.5, 0.6) is 0 Å². The SMILES string of the molecule is NC(=O)[C@H](c1ccccc1)N1CCN(Cc2cccs2)CC1. The van der Waals surface area contributed by atoms with Crippen molar-refractivity contribution < 1.29 is 4.79 Å². The number of nitrogens with zero attached hydrogens (tertiary/aromatic N) is 2. The third-order valence-electron chi connectivity index (χ3n) is 4.12. The van der Waals surface area contributed by atoms with E-state index >= 15 is 0 Å². The van der Waals surface area contributed by atoms with E-state index in [0.717, 1.165) is 38.3 Å². The number of benzene rings is 1. The Labute approximate surface area is 135 Å². The van der Waals surface area contributed by atoms with E-state index in [4.69, 9.17) is 5.73 Å². The van der Waals surface area contributed by atoms with Gasteiger partial charge in [0.1, 0.15) is 6.04 Å². The summed E-state index contributed by atoms with van der Waals surface area (Å²) in [6.07, 6.45) is 0. The Morgan fingerprint density at radius 1 is 1.09 bits per heavy atom. The lowest BCUT2D eigenvalue weighted by Gasteiger charge is -2.38. The zero-order chi connectivity index (χ0) is 15.4. The topological polar surface area (TPSA) is 49.6 Å². The number of piperazine rings is 1. The van der Waals surface area contributed by atoms with E-state index in [0.29, 0.717) is 0 Å². The number of carbonyl (C=O) groups excluding carboxylic acids is 1. The van der Waals surface area contributed by atoms with Crippen molar-refractivity contribution in [3.05, 3.63) is 58.3 Å². The molecule has 0 radical (unpaired) electrons. The molecular formula is C17H21N3OS. The quantitative estimate of drug-likeness (QED) is 0.919. The number of hydrogen-bond donors (Lipinski definition) is 1. The second kappa shape index (κ2) is 7.05. The van der Waals surface area contributed by atoms with Crippen LogP contribution < -0.4 is 5.73 Å². The van der Waals surface area contributed by atoms with Crippen LogP contribution in [-0.2, 0) is 11.3 Å². The maximum Gasteiger partial charge on any atom is 0.239 e. The third kappa shape index (κ3) is 3.55. The molecule has 5 heteroatoms. The first kappa shape index (κ1) is 15.2. The summed E-state index contributed by atoms with van der Waals surface area (Å²) in [5, 5.41) is 2.12. The van der Waals surface area contributed by atoms with Crippen LogP contribution in [-0.4, -0.2) is 41.9 Å². The molecule has 4 nitrogen and oxygen atoms in total. The van der Waals surface area contributed by atoms with Crippen molar-refractivity contribution in [2.75, 3.05) is 26.2 Å². The molecule has 116 valence electrons. The zero-order valence-corrected chi connectivity index (χ0v) is 13.3. The lowest BCUT2D eigenvalue weighted by molar-refractivity contribution is -0.124. The number of hydrogen-bond acceptors (Lipinski definition) is 4. The molecule has 1 atom stereocenters. The van der Waals surface area contributed by atoms with Crippen LogP contribution in [0.2, 0.25) is 0 Å². The highest BCUT2D eigenvalue weighted by molar-refractivity contribution is 7.09. The van der Waals surface area contributed by atoms with Gasteiger partial charge in [0.05, 0.1) is 0 Å². The summed E-state index contributed by atoms with van der Waals surface area (Å²) in [6.45, 7) is 4.67. The summed E-state index contributed by atoms with van der Waals surface area (Å²) in [7, 11) is 0. The number of nitrogens with two attached hydrogens (primary N) is 1.